The van der Waals surface area contributed by atoms with E-state index in [1.54, 1.807) is 36.4 Å². The summed E-state index contributed by atoms with van der Waals surface area (Å²) in [4.78, 5) is 24.3. The summed E-state index contributed by atoms with van der Waals surface area (Å²) in [5.41, 5.74) is 1.06. The first-order valence-electron chi connectivity index (χ1n) is 7.66. The molecule has 7 heteroatoms. The Kier molecular flexibility index (Phi) is 4.00. The van der Waals surface area contributed by atoms with Gasteiger partial charge >= 0.3 is 5.63 Å². The lowest BCUT2D eigenvalue weighted by molar-refractivity contribution is 0.102. The van der Waals surface area contributed by atoms with Crippen molar-refractivity contribution in [3.05, 3.63) is 69.2 Å². The number of furan rings is 1. The van der Waals surface area contributed by atoms with Gasteiger partial charge in [-0.2, -0.15) is 0 Å². The zero-order chi connectivity index (χ0) is 18.3. The van der Waals surface area contributed by atoms with E-state index in [1.165, 1.54) is 19.4 Å². The van der Waals surface area contributed by atoms with E-state index in [0.717, 1.165) is 4.47 Å². The third-order valence-electron chi connectivity index (χ3n) is 4.00. The van der Waals surface area contributed by atoms with Crippen LogP contribution in [0.1, 0.15) is 10.4 Å². The van der Waals surface area contributed by atoms with Gasteiger partial charge in [-0.05, 0) is 36.4 Å². The third-order valence-corrected chi connectivity index (χ3v) is 4.53. The number of carbonyl (C=O) groups is 1. The van der Waals surface area contributed by atoms with E-state index in [4.69, 9.17) is 13.6 Å². The summed E-state index contributed by atoms with van der Waals surface area (Å²) in [6, 6.07) is 11.6. The van der Waals surface area contributed by atoms with Gasteiger partial charge in [-0.3, -0.25) is 4.79 Å². The summed E-state index contributed by atoms with van der Waals surface area (Å²) in [5.74, 6) is 0.0111. The molecule has 1 N–H and O–H groups in total. The molecule has 2 aromatic heterocycles. The Labute approximate surface area is 155 Å². The molecule has 0 aliphatic carbocycles. The maximum Gasteiger partial charge on any atom is 0.336 e. The first kappa shape index (κ1) is 16.4. The Bertz CT molecular complexity index is 1190. The lowest BCUT2D eigenvalue weighted by Crippen LogP contribution is -2.12. The van der Waals surface area contributed by atoms with Crippen molar-refractivity contribution in [1.82, 2.24) is 0 Å². The van der Waals surface area contributed by atoms with Gasteiger partial charge in [0.15, 0.2) is 11.2 Å². The number of halogens is 1. The predicted molar refractivity (Wildman–Crippen MR) is 101 cm³/mol. The molecule has 0 bridgehead atoms. The number of hydrogen-bond acceptors (Lipinski definition) is 5. The average Bonchev–Trinajstić information content (AvgIpc) is 3.11. The monoisotopic (exact) mass is 413 g/mol. The lowest BCUT2D eigenvalue weighted by atomic mass is 10.1. The second-order valence-corrected chi connectivity index (χ2v) is 6.45. The molecule has 4 rings (SSSR count). The van der Waals surface area contributed by atoms with Crippen LogP contribution in [0.2, 0.25) is 0 Å². The topological polar surface area (TPSA) is 81.7 Å². The lowest BCUT2D eigenvalue weighted by Gasteiger charge is -2.12. The van der Waals surface area contributed by atoms with Crippen molar-refractivity contribution in [1.29, 1.82) is 0 Å². The van der Waals surface area contributed by atoms with Crippen molar-refractivity contribution >= 4 is 49.5 Å². The number of amides is 1. The number of rotatable bonds is 3. The molecule has 0 unspecified atom stereocenters. The molecule has 1 amide bonds. The quantitative estimate of drug-likeness (QED) is 0.497. The molecule has 6 nitrogen and oxygen atoms in total. The van der Waals surface area contributed by atoms with Gasteiger partial charge in [-0.1, -0.05) is 15.9 Å². The van der Waals surface area contributed by atoms with E-state index in [1.807, 2.05) is 0 Å². The molecular formula is C19H12BrNO5. The van der Waals surface area contributed by atoms with Crippen LogP contribution >= 0.6 is 15.9 Å². The summed E-state index contributed by atoms with van der Waals surface area (Å²) in [6.45, 7) is 0. The van der Waals surface area contributed by atoms with Gasteiger partial charge in [0.2, 0.25) is 5.75 Å². The zero-order valence-electron chi connectivity index (χ0n) is 13.5. The number of anilines is 1. The minimum atomic E-state index is -0.521. The highest BCUT2D eigenvalue weighted by atomic mass is 79.9. The van der Waals surface area contributed by atoms with Crippen LogP contribution in [0.4, 0.5) is 5.69 Å². The highest BCUT2D eigenvalue weighted by Crippen LogP contribution is 2.41. The van der Waals surface area contributed by atoms with Gasteiger partial charge in [0.25, 0.3) is 5.91 Å². The van der Waals surface area contributed by atoms with E-state index >= 15 is 0 Å². The number of ether oxygens (including phenoxy) is 1. The van der Waals surface area contributed by atoms with Crippen LogP contribution in [0.25, 0.3) is 21.9 Å². The van der Waals surface area contributed by atoms with E-state index < -0.39 is 5.63 Å². The van der Waals surface area contributed by atoms with Crippen molar-refractivity contribution in [2.24, 2.45) is 0 Å². The Balaban J connectivity index is 1.93. The number of methoxy groups -OCH3 is 1. The van der Waals surface area contributed by atoms with Crippen LogP contribution in [0.3, 0.4) is 0 Å². The summed E-state index contributed by atoms with van der Waals surface area (Å²) in [7, 11) is 1.46. The van der Waals surface area contributed by atoms with Gasteiger partial charge in [-0.25, -0.2) is 4.79 Å². The second kappa shape index (κ2) is 6.34. The van der Waals surface area contributed by atoms with E-state index in [-0.39, 0.29) is 11.5 Å². The molecule has 130 valence electrons. The van der Waals surface area contributed by atoms with E-state index in [2.05, 4.69) is 21.2 Å². The first-order valence-corrected chi connectivity index (χ1v) is 8.45. The summed E-state index contributed by atoms with van der Waals surface area (Å²) >= 11 is 3.34. The highest BCUT2D eigenvalue weighted by molar-refractivity contribution is 9.10. The molecule has 2 aromatic carbocycles. The van der Waals surface area contributed by atoms with Crippen molar-refractivity contribution in [2.45, 2.75) is 0 Å². The van der Waals surface area contributed by atoms with Crippen LogP contribution in [0.15, 0.2) is 66.8 Å². The Morgan fingerprint density at radius 3 is 2.50 bits per heavy atom. The van der Waals surface area contributed by atoms with Crippen LogP contribution in [-0.2, 0) is 0 Å². The van der Waals surface area contributed by atoms with E-state index in [0.29, 0.717) is 33.4 Å². The minimum Gasteiger partial charge on any atom is -0.490 e. The SMILES string of the molecule is COc1c2occc2c(NC(=O)c2ccc(Br)cc2)c2ccc(=O)oc12. The van der Waals surface area contributed by atoms with Crippen LogP contribution < -0.4 is 15.7 Å². The molecule has 0 aliphatic rings. The largest absolute Gasteiger partial charge is 0.490 e. The molecule has 0 radical (unpaired) electrons. The molecule has 4 aromatic rings. The fraction of sp³-hybridized carbons (Fsp3) is 0.0526. The van der Waals surface area contributed by atoms with E-state index in [9.17, 15) is 9.59 Å². The van der Waals surface area contributed by atoms with Gasteiger partial charge in [-0.15, -0.1) is 0 Å². The summed E-state index contributed by atoms with van der Waals surface area (Å²) < 4.78 is 17.0. The normalized spacial score (nSPS) is 11.0. The standard InChI is InChI=1S/C19H12BrNO5/c1-24-18-16-13(8-9-25-16)15(12-6-7-14(22)26-17(12)18)21-19(23)10-2-4-11(20)5-3-10/h2-9H,1H3,(H,21,23). The van der Waals surface area contributed by atoms with Crippen molar-refractivity contribution in [3.63, 3.8) is 0 Å². The molecular weight excluding hydrogens is 402 g/mol. The maximum atomic E-state index is 12.7. The first-order chi connectivity index (χ1) is 12.6. The molecule has 0 spiro atoms. The van der Waals surface area contributed by atoms with Gasteiger partial charge in [0.05, 0.1) is 19.1 Å². The molecule has 0 saturated heterocycles. The molecule has 0 saturated carbocycles. The zero-order valence-corrected chi connectivity index (χ0v) is 15.1. The van der Waals surface area contributed by atoms with Crippen molar-refractivity contribution < 1.29 is 18.4 Å². The fourth-order valence-electron chi connectivity index (χ4n) is 2.82. The second-order valence-electron chi connectivity index (χ2n) is 5.53. The number of nitrogens with one attached hydrogen (secondary N) is 1. The van der Waals surface area contributed by atoms with Crippen LogP contribution in [0.5, 0.6) is 5.75 Å². The van der Waals surface area contributed by atoms with Gasteiger partial charge in [0, 0.05) is 26.9 Å². The maximum absolute atomic E-state index is 12.7. The molecule has 2 heterocycles. The summed E-state index contributed by atoms with van der Waals surface area (Å²) in [6.07, 6.45) is 1.49. The number of carbonyl (C=O) groups excluding carboxylic acids is 1. The molecule has 0 fully saturated rings. The van der Waals surface area contributed by atoms with Crippen molar-refractivity contribution in [3.8, 4) is 5.75 Å². The number of hydrogen-bond donors (Lipinski definition) is 1. The van der Waals surface area contributed by atoms with Gasteiger partial charge in [0.1, 0.15) is 0 Å². The van der Waals surface area contributed by atoms with Crippen molar-refractivity contribution in [2.75, 3.05) is 12.4 Å². The van der Waals surface area contributed by atoms with Gasteiger partial charge < -0.3 is 18.9 Å². The van der Waals surface area contributed by atoms with Crippen LogP contribution in [0, 0.1) is 0 Å². The predicted octanol–water partition coefficient (Wildman–Crippen LogP) is 4.56. The van der Waals surface area contributed by atoms with Crippen LogP contribution in [-0.4, -0.2) is 13.0 Å². The smallest absolute Gasteiger partial charge is 0.336 e. The third kappa shape index (κ3) is 2.66. The molecule has 0 atom stereocenters. The Hall–Kier alpha value is -3.06. The summed E-state index contributed by atoms with van der Waals surface area (Å²) in [5, 5.41) is 4.08. The average molecular weight is 414 g/mol. The molecule has 0 aliphatic heterocycles. The fourth-order valence-corrected chi connectivity index (χ4v) is 3.08. The molecule has 26 heavy (non-hydrogen) atoms. The number of benzene rings is 2. The Morgan fingerprint density at radius 1 is 1.04 bits per heavy atom. The number of fused-ring (bicyclic) bond motifs is 2. The minimum absolute atomic E-state index is 0.216. The Morgan fingerprint density at radius 2 is 1.77 bits per heavy atom. The highest BCUT2D eigenvalue weighted by Gasteiger charge is 2.21.